The van der Waals surface area contributed by atoms with Crippen molar-refractivity contribution in [3.63, 3.8) is 0 Å². The van der Waals surface area contributed by atoms with Crippen molar-refractivity contribution in [2.24, 2.45) is 22.7 Å². The quantitative estimate of drug-likeness (QED) is 0.539. The summed E-state index contributed by atoms with van der Waals surface area (Å²) in [6.07, 6.45) is 6.25. The molecule has 0 bridgehead atoms. The van der Waals surface area contributed by atoms with Crippen LogP contribution < -0.4 is 0 Å². The van der Waals surface area contributed by atoms with Gasteiger partial charge >= 0.3 is 0 Å². The van der Waals surface area contributed by atoms with Gasteiger partial charge in [0.2, 0.25) is 0 Å². The van der Waals surface area contributed by atoms with E-state index >= 15 is 0 Å². The second-order valence-corrected chi connectivity index (χ2v) is 10.8. The van der Waals surface area contributed by atoms with Crippen molar-refractivity contribution in [1.82, 2.24) is 0 Å². The van der Waals surface area contributed by atoms with E-state index in [0.29, 0.717) is 11.8 Å². The van der Waals surface area contributed by atoms with Crippen LogP contribution in [0.15, 0.2) is 0 Å². The van der Waals surface area contributed by atoms with Crippen LogP contribution in [-0.2, 0) is 9.47 Å². The Labute approximate surface area is 158 Å². The summed E-state index contributed by atoms with van der Waals surface area (Å²) < 4.78 is 12.1. The molecular weight excluding hydrogens is 308 g/mol. The standard InChI is InChI=1S/C13H26O.C10H20O/c1-11(2,3)13(12(4,5)6)9-7-8-10-14-13;1-8(2)10(9(3)4)6-5-7-11-10/h7-10H2,1-6H3;8-9H,5-7H2,1-4H3. The minimum Gasteiger partial charge on any atom is -0.374 e. The summed E-state index contributed by atoms with van der Waals surface area (Å²) in [5, 5.41) is 0. The average Bonchev–Trinajstić information content (AvgIpc) is 2.97. The third-order valence-electron chi connectivity index (χ3n) is 6.73. The molecule has 0 amide bonds. The zero-order valence-electron chi connectivity index (χ0n) is 18.9. The molecule has 0 radical (unpaired) electrons. The van der Waals surface area contributed by atoms with Crippen molar-refractivity contribution in [2.45, 2.75) is 113 Å². The van der Waals surface area contributed by atoms with E-state index in [1.807, 2.05) is 0 Å². The van der Waals surface area contributed by atoms with Crippen LogP contribution in [0.2, 0.25) is 0 Å². The molecule has 2 rings (SSSR count). The Morgan fingerprint density at radius 2 is 1.12 bits per heavy atom. The molecule has 150 valence electrons. The molecule has 0 aromatic heterocycles. The summed E-state index contributed by atoms with van der Waals surface area (Å²) in [4.78, 5) is 0. The van der Waals surface area contributed by atoms with Gasteiger partial charge in [-0.1, -0.05) is 69.2 Å². The van der Waals surface area contributed by atoms with E-state index in [-0.39, 0.29) is 22.0 Å². The minimum absolute atomic E-state index is 0.0538. The average molecular weight is 355 g/mol. The molecule has 0 aliphatic carbocycles. The van der Waals surface area contributed by atoms with Crippen molar-refractivity contribution >= 4 is 0 Å². The van der Waals surface area contributed by atoms with Gasteiger partial charge in [-0.05, 0) is 54.8 Å². The maximum absolute atomic E-state index is 6.19. The third kappa shape index (κ3) is 4.80. The van der Waals surface area contributed by atoms with Gasteiger partial charge in [0.1, 0.15) is 0 Å². The Kier molecular flexibility index (Phi) is 7.62. The van der Waals surface area contributed by atoms with Gasteiger partial charge in [-0.3, -0.25) is 0 Å². The first-order valence-electron chi connectivity index (χ1n) is 10.6. The highest BCUT2D eigenvalue weighted by Gasteiger charge is 2.52. The zero-order chi connectivity index (χ0) is 19.5. The van der Waals surface area contributed by atoms with Crippen LogP contribution in [0.5, 0.6) is 0 Å². The maximum atomic E-state index is 6.19. The SMILES string of the molecule is CC(C)(C)C1(C(C)(C)C)CCCCO1.CC(C)C1(C(C)C)CCCO1. The monoisotopic (exact) mass is 354 g/mol. The number of hydrogen-bond donors (Lipinski definition) is 0. The van der Waals surface area contributed by atoms with Crippen LogP contribution >= 0.6 is 0 Å². The van der Waals surface area contributed by atoms with Gasteiger partial charge in [-0.25, -0.2) is 0 Å². The van der Waals surface area contributed by atoms with Crippen LogP contribution in [-0.4, -0.2) is 24.4 Å². The fraction of sp³-hybridized carbons (Fsp3) is 1.00. The summed E-state index contributed by atoms with van der Waals surface area (Å²) in [7, 11) is 0. The zero-order valence-corrected chi connectivity index (χ0v) is 18.9. The van der Waals surface area contributed by atoms with Gasteiger partial charge in [-0.15, -0.1) is 0 Å². The van der Waals surface area contributed by atoms with Crippen molar-refractivity contribution in [2.75, 3.05) is 13.2 Å². The summed E-state index contributed by atoms with van der Waals surface area (Å²) in [5.41, 5.74) is 0.704. The van der Waals surface area contributed by atoms with Gasteiger partial charge in [0.05, 0.1) is 11.2 Å². The summed E-state index contributed by atoms with van der Waals surface area (Å²) >= 11 is 0. The lowest BCUT2D eigenvalue weighted by Gasteiger charge is -2.55. The predicted octanol–water partition coefficient (Wildman–Crippen LogP) is 6.87. The Bertz CT molecular complexity index is 357. The summed E-state index contributed by atoms with van der Waals surface area (Å²) in [5.74, 6) is 1.31. The van der Waals surface area contributed by atoms with E-state index in [4.69, 9.17) is 9.47 Å². The second-order valence-electron chi connectivity index (χ2n) is 10.8. The summed E-state index contributed by atoms with van der Waals surface area (Å²) in [6.45, 7) is 24.8. The van der Waals surface area contributed by atoms with E-state index in [1.54, 1.807) is 0 Å². The molecule has 0 aromatic carbocycles. The molecule has 2 saturated heterocycles. The molecule has 2 fully saturated rings. The first-order chi connectivity index (χ1) is 11.3. The van der Waals surface area contributed by atoms with E-state index < -0.39 is 0 Å². The number of hydrogen-bond acceptors (Lipinski definition) is 2. The lowest BCUT2D eigenvalue weighted by atomic mass is 9.60. The van der Waals surface area contributed by atoms with Crippen molar-refractivity contribution in [1.29, 1.82) is 0 Å². The maximum Gasteiger partial charge on any atom is 0.0778 e. The first-order valence-corrected chi connectivity index (χ1v) is 10.6. The van der Waals surface area contributed by atoms with Crippen LogP contribution in [0.1, 0.15) is 101 Å². The molecule has 0 saturated carbocycles. The highest BCUT2D eigenvalue weighted by Crippen LogP contribution is 2.51. The van der Waals surface area contributed by atoms with Crippen molar-refractivity contribution in [3.05, 3.63) is 0 Å². The van der Waals surface area contributed by atoms with E-state index in [9.17, 15) is 0 Å². The van der Waals surface area contributed by atoms with E-state index in [1.165, 1.54) is 32.1 Å². The smallest absolute Gasteiger partial charge is 0.0778 e. The Hall–Kier alpha value is -0.0800. The van der Waals surface area contributed by atoms with Crippen LogP contribution in [0.25, 0.3) is 0 Å². The molecule has 0 spiro atoms. The van der Waals surface area contributed by atoms with E-state index in [2.05, 4.69) is 69.2 Å². The number of rotatable bonds is 2. The highest BCUT2D eigenvalue weighted by molar-refractivity contribution is 5.02. The molecule has 2 nitrogen and oxygen atoms in total. The van der Waals surface area contributed by atoms with Gasteiger partial charge < -0.3 is 9.47 Å². The molecular formula is C23H46O2. The van der Waals surface area contributed by atoms with Crippen LogP contribution in [0, 0.1) is 22.7 Å². The first kappa shape index (κ1) is 23.0. The lowest BCUT2D eigenvalue weighted by Crippen LogP contribution is -2.56. The molecule has 25 heavy (non-hydrogen) atoms. The fourth-order valence-electron chi connectivity index (χ4n) is 5.36. The van der Waals surface area contributed by atoms with Crippen LogP contribution in [0.4, 0.5) is 0 Å². The molecule has 0 N–H and O–H groups in total. The fourth-order valence-corrected chi connectivity index (χ4v) is 5.36. The number of ether oxygens (including phenoxy) is 2. The van der Waals surface area contributed by atoms with Gasteiger partial charge in [0.15, 0.2) is 0 Å². The van der Waals surface area contributed by atoms with Gasteiger partial charge in [0.25, 0.3) is 0 Å². The molecule has 2 aliphatic heterocycles. The van der Waals surface area contributed by atoms with Crippen molar-refractivity contribution < 1.29 is 9.47 Å². The highest BCUT2D eigenvalue weighted by atomic mass is 16.5. The molecule has 0 unspecified atom stereocenters. The predicted molar refractivity (Wildman–Crippen MR) is 109 cm³/mol. The summed E-state index contributed by atoms with van der Waals surface area (Å²) in [6, 6.07) is 0. The normalized spacial score (nSPS) is 23.5. The Morgan fingerprint density at radius 3 is 1.32 bits per heavy atom. The Balaban J connectivity index is 0.000000257. The van der Waals surface area contributed by atoms with E-state index in [0.717, 1.165) is 13.2 Å². The molecule has 0 aromatic rings. The molecule has 2 heterocycles. The second kappa shape index (κ2) is 8.30. The largest absolute Gasteiger partial charge is 0.374 e. The Morgan fingerprint density at radius 1 is 0.640 bits per heavy atom. The third-order valence-corrected chi connectivity index (χ3v) is 6.73. The lowest BCUT2D eigenvalue weighted by molar-refractivity contribution is -0.202. The molecule has 0 atom stereocenters. The van der Waals surface area contributed by atoms with Gasteiger partial charge in [0, 0.05) is 13.2 Å². The topological polar surface area (TPSA) is 18.5 Å². The van der Waals surface area contributed by atoms with Gasteiger partial charge in [-0.2, -0.15) is 0 Å². The minimum atomic E-state index is 0.0538. The van der Waals surface area contributed by atoms with Crippen molar-refractivity contribution in [3.8, 4) is 0 Å². The van der Waals surface area contributed by atoms with Crippen LogP contribution in [0.3, 0.4) is 0 Å². The molecule has 2 aliphatic rings. The molecule has 2 heteroatoms.